The molecule has 1 saturated heterocycles. The summed E-state index contributed by atoms with van der Waals surface area (Å²) in [7, 11) is 0. The molecule has 0 radical (unpaired) electrons. The van der Waals surface area contributed by atoms with Crippen LogP contribution in [0.25, 0.3) is 0 Å². The van der Waals surface area contributed by atoms with Crippen LogP contribution >= 0.6 is 11.8 Å². The van der Waals surface area contributed by atoms with Crippen LogP contribution in [0.1, 0.15) is 86.5 Å². The van der Waals surface area contributed by atoms with E-state index < -0.39 is 29.1 Å². The van der Waals surface area contributed by atoms with Gasteiger partial charge in [0.15, 0.2) is 0 Å². The average molecular weight is 577 g/mol. The summed E-state index contributed by atoms with van der Waals surface area (Å²) >= 11 is 1.55. The van der Waals surface area contributed by atoms with Gasteiger partial charge in [0.05, 0.1) is 17.9 Å². The van der Waals surface area contributed by atoms with Crippen LogP contribution in [0.4, 0.5) is 0 Å². The molecule has 0 aromatic carbocycles. The van der Waals surface area contributed by atoms with E-state index in [2.05, 4.69) is 27.4 Å². The monoisotopic (exact) mass is 576 g/mol. The van der Waals surface area contributed by atoms with Crippen molar-refractivity contribution >= 4 is 29.4 Å². The molecule has 3 saturated carbocycles. The Morgan fingerprint density at radius 2 is 1.95 bits per heavy atom. The molecule has 1 amide bonds. The second-order valence-electron chi connectivity index (χ2n) is 14.2. The second-order valence-corrected chi connectivity index (χ2v) is 15.5. The van der Waals surface area contributed by atoms with E-state index in [-0.39, 0.29) is 57.7 Å². The van der Waals surface area contributed by atoms with Gasteiger partial charge in [-0.3, -0.25) is 14.4 Å². The van der Waals surface area contributed by atoms with Crippen molar-refractivity contribution in [2.75, 3.05) is 18.8 Å². The van der Waals surface area contributed by atoms with Gasteiger partial charge in [0.1, 0.15) is 11.9 Å². The summed E-state index contributed by atoms with van der Waals surface area (Å²) in [5, 5.41) is 11.8. The van der Waals surface area contributed by atoms with Crippen molar-refractivity contribution in [1.82, 2.24) is 4.90 Å². The number of nitrogens with zero attached hydrogens (tertiary/aromatic N) is 1. The van der Waals surface area contributed by atoms with Crippen LogP contribution in [0.15, 0.2) is 12.7 Å². The number of ether oxygens (including phenoxy) is 1. The number of rotatable bonds is 7. The van der Waals surface area contributed by atoms with Crippen LogP contribution in [-0.2, 0) is 19.1 Å². The zero-order chi connectivity index (χ0) is 29.6. The van der Waals surface area contributed by atoms with Crippen molar-refractivity contribution in [2.45, 2.75) is 110 Å². The van der Waals surface area contributed by atoms with Gasteiger partial charge in [-0.15, -0.1) is 18.3 Å². The Morgan fingerprint density at radius 3 is 2.60 bits per heavy atom. The summed E-state index contributed by atoms with van der Waals surface area (Å²) in [4.78, 5) is 41.7. The minimum Gasteiger partial charge on any atom is -0.461 e. The van der Waals surface area contributed by atoms with Gasteiger partial charge in [-0.25, -0.2) is 0 Å². The first-order valence-electron chi connectivity index (χ1n) is 15.4. The molecule has 6 unspecified atom stereocenters. The zero-order valence-corrected chi connectivity index (χ0v) is 26.3. The molecule has 0 spiro atoms. The summed E-state index contributed by atoms with van der Waals surface area (Å²) in [6.07, 6.45) is 6.12. The fourth-order valence-corrected chi connectivity index (χ4v) is 9.71. The van der Waals surface area contributed by atoms with Crippen LogP contribution < -0.4 is 5.73 Å². The lowest BCUT2D eigenvalue weighted by Crippen LogP contribution is -2.63. The van der Waals surface area contributed by atoms with Gasteiger partial charge < -0.3 is 20.5 Å². The first-order chi connectivity index (χ1) is 18.7. The number of Topliss-reactive ketones (excluding diaryl/α,β-unsaturated/α-hetero) is 1. The molecule has 1 aliphatic heterocycles. The quantitative estimate of drug-likeness (QED) is 0.337. The molecule has 1 heterocycles. The molecule has 0 aromatic heterocycles. The standard InChI is InChI=1S/C32H52N2O5S/c1-8-30(6)16-24(31(7)20(4)11-13-32(21(5)28(30)37)14-12-23(35)27(31)32)39-25(36)18-40-22-10-9-15-34(17-22)29(38)26(33)19(2)3/h8,19-22,24,26-28,37H,1,9-18,33H2,2-7H3/t20?,21-,22?,24+,26?,27?,28?,30+,31-,32?/m0/s1. The van der Waals surface area contributed by atoms with Gasteiger partial charge in [-0.2, -0.15) is 0 Å². The van der Waals surface area contributed by atoms with Crippen LogP contribution in [-0.4, -0.2) is 70.0 Å². The number of aliphatic hydroxyl groups excluding tert-OH is 1. The highest BCUT2D eigenvalue weighted by Gasteiger charge is 2.68. The Bertz CT molecular complexity index is 1000. The number of piperidine rings is 1. The smallest absolute Gasteiger partial charge is 0.316 e. The summed E-state index contributed by atoms with van der Waals surface area (Å²) in [5.41, 5.74) is 4.70. The van der Waals surface area contributed by atoms with E-state index in [1.54, 1.807) is 11.8 Å². The number of carbonyl (C=O) groups is 3. The highest BCUT2D eigenvalue weighted by atomic mass is 32.2. The maximum absolute atomic E-state index is 13.6. The Balaban J connectivity index is 1.52. The van der Waals surface area contributed by atoms with Crippen LogP contribution in [0.2, 0.25) is 0 Å². The Hall–Kier alpha value is -1.38. The molecular weight excluding hydrogens is 524 g/mol. The van der Waals surface area contributed by atoms with E-state index in [4.69, 9.17) is 10.5 Å². The number of esters is 1. The Kier molecular flexibility index (Phi) is 9.24. The van der Waals surface area contributed by atoms with Gasteiger partial charge in [-0.05, 0) is 61.7 Å². The second kappa shape index (κ2) is 11.7. The van der Waals surface area contributed by atoms with E-state index in [1.807, 2.05) is 31.7 Å². The third-order valence-corrected chi connectivity index (χ3v) is 13.0. The van der Waals surface area contributed by atoms with E-state index in [0.717, 1.165) is 32.1 Å². The van der Waals surface area contributed by atoms with Crippen molar-refractivity contribution in [2.24, 2.45) is 45.7 Å². The molecule has 40 heavy (non-hydrogen) atoms. The molecule has 3 N–H and O–H groups in total. The molecule has 0 aromatic rings. The molecular formula is C32H52N2O5S. The number of aliphatic hydroxyl groups is 1. The lowest BCUT2D eigenvalue weighted by molar-refractivity contribution is -0.205. The zero-order valence-electron chi connectivity index (χ0n) is 25.5. The molecule has 3 aliphatic carbocycles. The van der Waals surface area contributed by atoms with Gasteiger partial charge in [0, 0.05) is 41.5 Å². The van der Waals surface area contributed by atoms with Crippen LogP contribution in [0, 0.1) is 39.9 Å². The Labute approximate surface area is 245 Å². The molecule has 226 valence electrons. The Morgan fingerprint density at radius 1 is 1.25 bits per heavy atom. The summed E-state index contributed by atoms with van der Waals surface area (Å²) in [5.74, 6) is 0.158. The predicted octanol–water partition coefficient (Wildman–Crippen LogP) is 4.60. The minimum atomic E-state index is -0.671. The van der Waals surface area contributed by atoms with E-state index >= 15 is 0 Å². The molecule has 4 fully saturated rings. The summed E-state index contributed by atoms with van der Waals surface area (Å²) in [6.45, 7) is 17.8. The molecule has 10 atom stereocenters. The van der Waals surface area contributed by atoms with E-state index in [9.17, 15) is 19.5 Å². The number of likely N-dealkylation sites (tertiary alicyclic amines) is 1. The lowest BCUT2D eigenvalue weighted by atomic mass is 9.44. The SMILES string of the molecule is C=C[C@]1(C)C[C@@H](OC(=O)CSC2CCCN(C(=O)C(N)C(C)C)C2)[C@]2(C)C(C)CCC3(CCC(=O)C32)[C@@H](C)C1O. The third-order valence-electron chi connectivity index (χ3n) is 11.7. The van der Waals surface area contributed by atoms with Crippen molar-refractivity contribution in [3.05, 3.63) is 12.7 Å². The maximum atomic E-state index is 13.6. The molecule has 4 aliphatic rings. The summed E-state index contributed by atoms with van der Waals surface area (Å²) < 4.78 is 6.38. The normalized spacial score (nSPS) is 42.5. The number of hydrogen-bond donors (Lipinski definition) is 2. The fourth-order valence-electron chi connectivity index (χ4n) is 8.65. The largest absolute Gasteiger partial charge is 0.461 e. The number of amides is 1. The first-order valence-corrected chi connectivity index (χ1v) is 16.5. The topological polar surface area (TPSA) is 110 Å². The number of ketones is 1. The number of hydrogen-bond acceptors (Lipinski definition) is 7. The summed E-state index contributed by atoms with van der Waals surface area (Å²) in [6, 6.07) is -0.506. The van der Waals surface area contributed by atoms with Crippen molar-refractivity contribution in [3.8, 4) is 0 Å². The fraction of sp³-hybridized carbons (Fsp3) is 0.844. The average Bonchev–Trinajstić information content (AvgIpc) is 3.29. The van der Waals surface area contributed by atoms with E-state index in [1.165, 1.54) is 0 Å². The lowest BCUT2D eigenvalue weighted by Gasteiger charge is -2.61. The van der Waals surface area contributed by atoms with Gasteiger partial charge in [0.2, 0.25) is 5.91 Å². The minimum absolute atomic E-state index is 0.0159. The first kappa shape index (κ1) is 31.6. The van der Waals surface area contributed by atoms with Crippen molar-refractivity contribution in [3.63, 3.8) is 0 Å². The third kappa shape index (κ3) is 5.30. The van der Waals surface area contributed by atoms with Crippen LogP contribution in [0.3, 0.4) is 0 Å². The van der Waals surface area contributed by atoms with E-state index in [0.29, 0.717) is 25.9 Å². The molecule has 8 heteroatoms. The maximum Gasteiger partial charge on any atom is 0.316 e. The molecule has 4 rings (SSSR count). The highest BCUT2D eigenvalue weighted by molar-refractivity contribution is 8.00. The molecule has 2 bridgehead atoms. The number of thioether (sulfide) groups is 1. The van der Waals surface area contributed by atoms with Crippen molar-refractivity contribution in [1.29, 1.82) is 0 Å². The number of nitrogens with two attached hydrogens (primary N) is 1. The highest BCUT2D eigenvalue weighted by Crippen LogP contribution is 2.68. The van der Waals surface area contributed by atoms with Gasteiger partial charge >= 0.3 is 5.97 Å². The van der Waals surface area contributed by atoms with Gasteiger partial charge in [0.25, 0.3) is 0 Å². The van der Waals surface area contributed by atoms with Crippen molar-refractivity contribution < 1.29 is 24.2 Å². The van der Waals surface area contributed by atoms with Gasteiger partial charge in [-0.1, -0.05) is 47.6 Å². The predicted molar refractivity (Wildman–Crippen MR) is 160 cm³/mol. The molecule has 7 nitrogen and oxygen atoms in total. The number of carbonyl (C=O) groups excluding carboxylic acids is 3. The van der Waals surface area contributed by atoms with Crippen LogP contribution in [0.5, 0.6) is 0 Å².